The van der Waals surface area contributed by atoms with Crippen LogP contribution in [-0.4, -0.2) is 69.1 Å². The van der Waals surface area contributed by atoms with Gasteiger partial charge in [-0.1, -0.05) is 19.9 Å². The number of rotatable bonds is 7. The third-order valence-electron chi connectivity index (χ3n) is 7.82. The average molecular weight is 514 g/mol. The number of pyridine rings is 1. The molecule has 2 aliphatic rings. The van der Waals surface area contributed by atoms with Gasteiger partial charge < -0.3 is 24.4 Å². The molecule has 0 atom stereocenters. The summed E-state index contributed by atoms with van der Waals surface area (Å²) in [5.41, 5.74) is 2.52. The van der Waals surface area contributed by atoms with Crippen LogP contribution in [0.1, 0.15) is 49.9 Å². The number of nitrogens with zero attached hydrogens (tertiary/aromatic N) is 8. The zero-order valence-electron chi connectivity index (χ0n) is 22.5. The number of aryl methyl sites for hydroxylation is 1. The van der Waals surface area contributed by atoms with E-state index < -0.39 is 0 Å². The number of aromatic nitrogens is 6. The topological polar surface area (TPSA) is 97.1 Å². The van der Waals surface area contributed by atoms with Gasteiger partial charge in [0.15, 0.2) is 0 Å². The predicted molar refractivity (Wildman–Crippen MR) is 149 cm³/mol. The third kappa shape index (κ3) is 4.64. The van der Waals surface area contributed by atoms with Gasteiger partial charge in [-0.2, -0.15) is 4.98 Å². The summed E-state index contributed by atoms with van der Waals surface area (Å²) in [6, 6.07) is 8.54. The normalized spacial score (nSPS) is 16.9. The molecular formula is C28H35N9O. The number of methoxy groups -OCH3 is 1. The molecule has 0 radical (unpaired) electrons. The third-order valence-corrected chi connectivity index (χ3v) is 7.82. The molecule has 2 saturated heterocycles. The average Bonchev–Trinajstić information content (AvgIpc) is 3.33. The van der Waals surface area contributed by atoms with Crippen LogP contribution < -0.4 is 15.1 Å². The lowest BCUT2D eigenvalue weighted by Crippen LogP contribution is -2.46. The van der Waals surface area contributed by atoms with Gasteiger partial charge in [-0.25, -0.2) is 9.97 Å². The van der Waals surface area contributed by atoms with Crippen LogP contribution in [0.25, 0.3) is 10.8 Å². The number of anilines is 4. The Balaban J connectivity index is 1.24. The van der Waals surface area contributed by atoms with Crippen molar-refractivity contribution in [3.63, 3.8) is 0 Å². The molecule has 1 N–H and O–H groups in total. The highest BCUT2D eigenvalue weighted by molar-refractivity contribution is 5.98. The molecule has 0 spiro atoms. The monoisotopic (exact) mass is 513 g/mol. The van der Waals surface area contributed by atoms with Crippen LogP contribution in [0, 0.1) is 0 Å². The van der Waals surface area contributed by atoms with Crippen LogP contribution in [-0.2, 0) is 11.8 Å². The summed E-state index contributed by atoms with van der Waals surface area (Å²) < 4.78 is 7.52. The second-order valence-electron chi connectivity index (χ2n) is 10.6. The summed E-state index contributed by atoms with van der Waals surface area (Å²) in [6.07, 6.45) is 7.87. The molecule has 5 heterocycles. The molecule has 3 aromatic heterocycles. The summed E-state index contributed by atoms with van der Waals surface area (Å²) in [4.78, 5) is 18.7. The van der Waals surface area contributed by atoms with Gasteiger partial charge in [-0.15, -0.1) is 10.2 Å². The summed E-state index contributed by atoms with van der Waals surface area (Å²) >= 11 is 0. The van der Waals surface area contributed by atoms with Crippen molar-refractivity contribution >= 4 is 34.0 Å². The van der Waals surface area contributed by atoms with Crippen LogP contribution in [0.5, 0.6) is 0 Å². The fourth-order valence-electron chi connectivity index (χ4n) is 5.59. The maximum atomic E-state index is 5.50. The smallest absolute Gasteiger partial charge is 0.227 e. The van der Waals surface area contributed by atoms with Gasteiger partial charge in [-0.3, -0.25) is 0 Å². The SMILES string of the molecule is COC1CCN(c2nccc(Nc3cc4c(C(C)C)ccc(N5CC(c6nncn6C)C5)c4cn3)n2)CC1. The fraction of sp³-hybridized carbons (Fsp3) is 0.464. The van der Waals surface area contributed by atoms with Crippen molar-refractivity contribution < 1.29 is 4.74 Å². The summed E-state index contributed by atoms with van der Waals surface area (Å²) in [5.74, 6) is 4.09. The molecule has 2 fully saturated rings. The highest BCUT2D eigenvalue weighted by atomic mass is 16.5. The van der Waals surface area contributed by atoms with Crippen molar-refractivity contribution in [2.75, 3.05) is 48.4 Å². The molecule has 38 heavy (non-hydrogen) atoms. The Kier molecular flexibility index (Phi) is 6.57. The van der Waals surface area contributed by atoms with Crippen LogP contribution >= 0.6 is 0 Å². The molecule has 198 valence electrons. The lowest BCUT2D eigenvalue weighted by atomic mass is 9.93. The maximum absolute atomic E-state index is 5.50. The molecular weight excluding hydrogens is 478 g/mol. The highest BCUT2D eigenvalue weighted by Crippen LogP contribution is 2.38. The number of benzene rings is 1. The number of ether oxygens (including phenoxy) is 1. The van der Waals surface area contributed by atoms with Crippen LogP contribution in [0.2, 0.25) is 0 Å². The molecule has 0 unspecified atom stereocenters. The van der Waals surface area contributed by atoms with Crippen molar-refractivity contribution in [1.82, 2.24) is 29.7 Å². The first kappa shape index (κ1) is 24.5. The van der Waals surface area contributed by atoms with Gasteiger partial charge in [0, 0.05) is 63.8 Å². The second-order valence-corrected chi connectivity index (χ2v) is 10.6. The molecule has 2 aliphatic heterocycles. The van der Waals surface area contributed by atoms with Crippen molar-refractivity contribution in [2.45, 2.75) is 44.6 Å². The van der Waals surface area contributed by atoms with E-state index >= 15 is 0 Å². The molecule has 10 heteroatoms. The molecule has 6 rings (SSSR count). The molecule has 4 aromatic rings. The van der Waals surface area contributed by atoms with Crippen molar-refractivity contribution in [2.24, 2.45) is 7.05 Å². The van der Waals surface area contributed by atoms with Crippen molar-refractivity contribution in [1.29, 1.82) is 0 Å². The Bertz CT molecular complexity index is 1420. The van der Waals surface area contributed by atoms with Gasteiger partial charge in [0.1, 0.15) is 23.8 Å². The van der Waals surface area contributed by atoms with Crippen molar-refractivity contribution in [3.8, 4) is 0 Å². The summed E-state index contributed by atoms with van der Waals surface area (Å²) in [6.45, 7) is 8.11. The van der Waals surface area contributed by atoms with E-state index in [2.05, 4.69) is 62.3 Å². The predicted octanol–water partition coefficient (Wildman–Crippen LogP) is 4.24. The Labute approximate surface area is 223 Å². The zero-order chi connectivity index (χ0) is 26.2. The minimum atomic E-state index is 0.323. The van der Waals surface area contributed by atoms with E-state index in [4.69, 9.17) is 14.7 Å². The van der Waals surface area contributed by atoms with Gasteiger partial charge in [0.05, 0.1) is 12.0 Å². The van der Waals surface area contributed by atoms with Crippen LogP contribution in [0.4, 0.5) is 23.3 Å². The van der Waals surface area contributed by atoms with Crippen LogP contribution in [0.15, 0.2) is 43.0 Å². The highest BCUT2D eigenvalue weighted by Gasteiger charge is 2.32. The zero-order valence-corrected chi connectivity index (χ0v) is 22.5. The lowest BCUT2D eigenvalue weighted by Gasteiger charge is -2.41. The van der Waals surface area contributed by atoms with Gasteiger partial charge in [0.25, 0.3) is 0 Å². The van der Waals surface area contributed by atoms with E-state index in [0.717, 1.165) is 62.4 Å². The van der Waals surface area contributed by atoms with Gasteiger partial charge in [-0.05, 0) is 47.9 Å². The van der Waals surface area contributed by atoms with Gasteiger partial charge >= 0.3 is 0 Å². The molecule has 10 nitrogen and oxygen atoms in total. The van der Waals surface area contributed by atoms with E-state index in [-0.39, 0.29) is 0 Å². The number of fused-ring (bicyclic) bond motifs is 1. The maximum Gasteiger partial charge on any atom is 0.227 e. The van der Waals surface area contributed by atoms with E-state index in [1.165, 1.54) is 22.0 Å². The van der Waals surface area contributed by atoms with Crippen LogP contribution in [0.3, 0.4) is 0 Å². The first-order chi connectivity index (χ1) is 18.5. The molecule has 0 amide bonds. The van der Waals surface area contributed by atoms with E-state index in [0.29, 0.717) is 17.9 Å². The number of hydrogen-bond donors (Lipinski definition) is 1. The minimum absolute atomic E-state index is 0.323. The molecule has 0 bridgehead atoms. The molecule has 0 saturated carbocycles. The second kappa shape index (κ2) is 10.2. The van der Waals surface area contributed by atoms with Gasteiger partial charge in [0.2, 0.25) is 5.95 Å². The number of piperidine rings is 1. The standard InChI is InChI=1S/C28H35N9O/c1-18(2)21-5-6-24(37-15-19(16-37)27-34-31-17-35(27)3)23-14-30-26(13-22(21)23)32-25-7-10-29-28(33-25)36-11-8-20(38-4)9-12-36/h5-7,10,13-14,17-20H,8-9,11-12,15-16H2,1-4H3,(H,29,30,32,33). The molecule has 1 aromatic carbocycles. The van der Waals surface area contributed by atoms with E-state index in [1.807, 2.05) is 30.1 Å². The van der Waals surface area contributed by atoms with E-state index in [1.54, 1.807) is 13.4 Å². The summed E-state index contributed by atoms with van der Waals surface area (Å²) in [5, 5.41) is 14.2. The fourth-order valence-corrected chi connectivity index (χ4v) is 5.59. The largest absolute Gasteiger partial charge is 0.381 e. The number of nitrogens with one attached hydrogen (secondary N) is 1. The minimum Gasteiger partial charge on any atom is -0.381 e. The molecule has 0 aliphatic carbocycles. The lowest BCUT2D eigenvalue weighted by molar-refractivity contribution is 0.0816. The quantitative estimate of drug-likeness (QED) is 0.389. The first-order valence-corrected chi connectivity index (χ1v) is 13.4. The Morgan fingerprint density at radius 3 is 2.53 bits per heavy atom. The first-order valence-electron chi connectivity index (χ1n) is 13.4. The Morgan fingerprint density at radius 1 is 1.00 bits per heavy atom. The van der Waals surface area contributed by atoms with Crippen molar-refractivity contribution in [3.05, 3.63) is 54.4 Å². The Hall–Kier alpha value is -3.79. The Morgan fingerprint density at radius 2 is 1.82 bits per heavy atom. The number of hydrogen-bond acceptors (Lipinski definition) is 9. The summed E-state index contributed by atoms with van der Waals surface area (Å²) in [7, 11) is 3.79. The van der Waals surface area contributed by atoms with E-state index in [9.17, 15) is 0 Å².